The average Bonchev–Trinajstić information content (AvgIpc) is 2.01. The van der Waals surface area contributed by atoms with Crippen LogP contribution in [0.3, 0.4) is 0 Å². The quantitative estimate of drug-likeness (QED) is 0.690. The van der Waals surface area contributed by atoms with Crippen LogP contribution in [-0.4, -0.2) is 23.1 Å². The molecule has 0 aliphatic carbocycles. The minimum atomic E-state index is 0.489. The molecular weight excluding hydrogens is 162 g/mol. The van der Waals surface area contributed by atoms with E-state index >= 15 is 0 Å². The molecule has 3 heteroatoms. The van der Waals surface area contributed by atoms with Gasteiger partial charge < -0.3 is 4.90 Å². The molecule has 0 saturated carbocycles. The van der Waals surface area contributed by atoms with Gasteiger partial charge in [-0.2, -0.15) is 0 Å². The van der Waals surface area contributed by atoms with Crippen molar-refractivity contribution in [3.8, 4) is 0 Å². The monoisotopic (exact) mass is 177 g/mol. The Balaban J connectivity index is 2.21. The Morgan fingerprint density at radius 2 is 2.15 bits per heavy atom. The molecule has 3 nitrogen and oxygen atoms in total. The summed E-state index contributed by atoms with van der Waals surface area (Å²) in [5, 5.41) is 0. The van der Waals surface area contributed by atoms with Crippen LogP contribution in [0, 0.1) is 0 Å². The number of anilines is 1. The summed E-state index contributed by atoms with van der Waals surface area (Å²) in [5.41, 5.74) is 1.14. The fourth-order valence-electron chi connectivity index (χ4n) is 1.35. The minimum absolute atomic E-state index is 0.489. The third-order valence-corrected chi connectivity index (χ3v) is 2.39. The molecule has 13 heavy (non-hydrogen) atoms. The number of hydrogen-bond acceptors (Lipinski definition) is 3. The molecule has 0 unspecified atom stereocenters. The molecule has 0 amide bonds. The zero-order valence-electron chi connectivity index (χ0n) is 8.20. The van der Waals surface area contributed by atoms with Gasteiger partial charge in [0.25, 0.3) is 0 Å². The van der Waals surface area contributed by atoms with Gasteiger partial charge in [0.2, 0.25) is 5.95 Å². The fourth-order valence-corrected chi connectivity index (χ4v) is 1.35. The third-order valence-electron chi connectivity index (χ3n) is 2.39. The molecule has 1 aliphatic rings. The maximum atomic E-state index is 4.51. The Morgan fingerprint density at radius 1 is 1.38 bits per heavy atom. The van der Waals surface area contributed by atoms with Crippen molar-refractivity contribution in [2.24, 2.45) is 0 Å². The van der Waals surface area contributed by atoms with Gasteiger partial charge in [0, 0.05) is 25.0 Å². The Morgan fingerprint density at radius 3 is 2.69 bits per heavy atom. The Kier molecular flexibility index (Phi) is 2.17. The summed E-state index contributed by atoms with van der Waals surface area (Å²) in [5.74, 6) is 1.39. The van der Waals surface area contributed by atoms with Crippen LogP contribution in [-0.2, 0) is 0 Å². The van der Waals surface area contributed by atoms with E-state index in [-0.39, 0.29) is 0 Å². The highest BCUT2D eigenvalue weighted by Crippen LogP contribution is 2.18. The van der Waals surface area contributed by atoms with E-state index in [2.05, 4.69) is 28.7 Å². The van der Waals surface area contributed by atoms with Crippen molar-refractivity contribution in [3.05, 3.63) is 18.0 Å². The molecule has 0 bridgehead atoms. The van der Waals surface area contributed by atoms with Gasteiger partial charge in [-0.1, -0.05) is 13.8 Å². The highest BCUT2D eigenvalue weighted by molar-refractivity contribution is 5.33. The first-order valence-corrected chi connectivity index (χ1v) is 4.85. The lowest BCUT2D eigenvalue weighted by Gasteiger charge is -2.31. The van der Waals surface area contributed by atoms with Gasteiger partial charge >= 0.3 is 0 Å². The molecule has 1 aliphatic heterocycles. The standard InChI is InChI=1S/C10H15N3/c1-8(2)9-4-5-11-10(12-9)13-6-3-7-13/h4-5,8H,3,6-7H2,1-2H3. The van der Waals surface area contributed by atoms with Crippen LogP contribution in [0.25, 0.3) is 0 Å². The van der Waals surface area contributed by atoms with Crippen LogP contribution in [0.15, 0.2) is 12.3 Å². The average molecular weight is 177 g/mol. The number of rotatable bonds is 2. The highest BCUT2D eigenvalue weighted by atomic mass is 15.3. The first-order chi connectivity index (χ1) is 6.27. The molecule has 0 aromatic carbocycles. The number of aromatic nitrogens is 2. The van der Waals surface area contributed by atoms with Gasteiger partial charge in [0.1, 0.15) is 0 Å². The van der Waals surface area contributed by atoms with Gasteiger partial charge in [-0.25, -0.2) is 9.97 Å². The molecule has 0 radical (unpaired) electrons. The first kappa shape index (κ1) is 8.48. The lowest BCUT2D eigenvalue weighted by atomic mass is 10.1. The second-order valence-corrected chi connectivity index (χ2v) is 3.78. The van der Waals surface area contributed by atoms with E-state index in [9.17, 15) is 0 Å². The van der Waals surface area contributed by atoms with Crippen LogP contribution in [0.5, 0.6) is 0 Å². The zero-order chi connectivity index (χ0) is 9.26. The smallest absolute Gasteiger partial charge is 0.225 e. The van der Waals surface area contributed by atoms with E-state index in [0.29, 0.717) is 5.92 Å². The predicted molar refractivity (Wildman–Crippen MR) is 53.0 cm³/mol. The summed E-state index contributed by atoms with van der Waals surface area (Å²) in [6.45, 7) is 6.54. The van der Waals surface area contributed by atoms with Gasteiger partial charge in [0.05, 0.1) is 0 Å². The zero-order valence-corrected chi connectivity index (χ0v) is 8.20. The van der Waals surface area contributed by atoms with E-state index in [0.717, 1.165) is 24.7 Å². The lowest BCUT2D eigenvalue weighted by Crippen LogP contribution is -2.38. The molecule has 0 N–H and O–H groups in total. The Hall–Kier alpha value is -1.12. The molecule has 0 spiro atoms. The molecule has 2 rings (SSSR count). The third kappa shape index (κ3) is 1.64. The topological polar surface area (TPSA) is 29.0 Å². The molecule has 1 saturated heterocycles. The van der Waals surface area contributed by atoms with Crippen LogP contribution < -0.4 is 4.90 Å². The van der Waals surface area contributed by atoms with Gasteiger partial charge in [-0.15, -0.1) is 0 Å². The molecule has 1 aromatic heterocycles. The minimum Gasteiger partial charge on any atom is -0.341 e. The van der Waals surface area contributed by atoms with Crippen LogP contribution in [0.4, 0.5) is 5.95 Å². The van der Waals surface area contributed by atoms with Gasteiger partial charge in [0.15, 0.2) is 0 Å². The van der Waals surface area contributed by atoms with E-state index in [1.807, 2.05) is 12.3 Å². The van der Waals surface area contributed by atoms with Crippen LogP contribution >= 0.6 is 0 Å². The maximum absolute atomic E-state index is 4.51. The van der Waals surface area contributed by atoms with Crippen molar-refractivity contribution >= 4 is 5.95 Å². The predicted octanol–water partition coefficient (Wildman–Crippen LogP) is 1.81. The van der Waals surface area contributed by atoms with Crippen molar-refractivity contribution in [3.63, 3.8) is 0 Å². The summed E-state index contributed by atoms with van der Waals surface area (Å²) in [4.78, 5) is 11.0. The summed E-state index contributed by atoms with van der Waals surface area (Å²) in [7, 11) is 0. The van der Waals surface area contributed by atoms with Crippen molar-refractivity contribution in [1.29, 1.82) is 0 Å². The lowest BCUT2D eigenvalue weighted by molar-refractivity contribution is 0.596. The van der Waals surface area contributed by atoms with E-state index < -0.39 is 0 Å². The molecule has 1 fully saturated rings. The first-order valence-electron chi connectivity index (χ1n) is 4.85. The molecule has 2 heterocycles. The fraction of sp³-hybridized carbons (Fsp3) is 0.600. The normalized spacial score (nSPS) is 16.1. The van der Waals surface area contributed by atoms with E-state index in [1.54, 1.807) is 0 Å². The van der Waals surface area contributed by atoms with Crippen LogP contribution in [0.1, 0.15) is 31.9 Å². The molecule has 1 aromatic rings. The molecular formula is C10H15N3. The van der Waals surface area contributed by atoms with Crippen LogP contribution in [0.2, 0.25) is 0 Å². The largest absolute Gasteiger partial charge is 0.341 e. The van der Waals surface area contributed by atoms with Gasteiger partial charge in [-0.05, 0) is 18.4 Å². The second kappa shape index (κ2) is 3.32. The Labute approximate surface area is 78.8 Å². The van der Waals surface area contributed by atoms with Crippen molar-refractivity contribution in [1.82, 2.24) is 9.97 Å². The van der Waals surface area contributed by atoms with Crippen molar-refractivity contribution in [2.45, 2.75) is 26.2 Å². The van der Waals surface area contributed by atoms with E-state index in [1.165, 1.54) is 6.42 Å². The van der Waals surface area contributed by atoms with Crippen molar-refractivity contribution in [2.75, 3.05) is 18.0 Å². The number of nitrogens with zero attached hydrogens (tertiary/aromatic N) is 3. The highest BCUT2D eigenvalue weighted by Gasteiger charge is 2.17. The Bertz CT molecular complexity index is 292. The SMILES string of the molecule is CC(C)c1ccnc(N2CCC2)n1. The summed E-state index contributed by atoms with van der Waals surface area (Å²) in [6.07, 6.45) is 3.13. The summed E-state index contributed by atoms with van der Waals surface area (Å²) >= 11 is 0. The summed E-state index contributed by atoms with van der Waals surface area (Å²) in [6, 6.07) is 1.99. The number of hydrogen-bond donors (Lipinski definition) is 0. The van der Waals surface area contributed by atoms with E-state index in [4.69, 9.17) is 0 Å². The maximum Gasteiger partial charge on any atom is 0.225 e. The molecule has 0 atom stereocenters. The molecule has 70 valence electrons. The van der Waals surface area contributed by atoms with Gasteiger partial charge in [-0.3, -0.25) is 0 Å². The van der Waals surface area contributed by atoms with Crippen molar-refractivity contribution < 1.29 is 0 Å². The second-order valence-electron chi connectivity index (χ2n) is 3.78. The summed E-state index contributed by atoms with van der Waals surface area (Å²) < 4.78 is 0.